The smallest absolute Gasteiger partial charge is 0.302 e. The summed E-state index contributed by atoms with van der Waals surface area (Å²) >= 11 is 7.87. The molecule has 11 heteroatoms. The van der Waals surface area contributed by atoms with Crippen molar-refractivity contribution < 1.29 is 14.3 Å². The predicted molar refractivity (Wildman–Crippen MR) is 141 cm³/mol. The van der Waals surface area contributed by atoms with Crippen LogP contribution in [0.25, 0.3) is 11.1 Å². The topological polar surface area (TPSA) is 125 Å². The van der Waals surface area contributed by atoms with E-state index in [0.717, 1.165) is 10.4 Å². The van der Waals surface area contributed by atoms with E-state index >= 15 is 0 Å². The minimum Gasteiger partial charge on any atom is -0.423 e. The first-order valence-corrected chi connectivity index (χ1v) is 12.6. The lowest BCUT2D eigenvalue weighted by Crippen LogP contribution is -2.38. The molecule has 1 atom stereocenters. The Morgan fingerprint density at radius 3 is 2.81 bits per heavy atom. The fraction of sp³-hybridized carbons (Fsp3) is 0.200. The first-order valence-electron chi connectivity index (χ1n) is 11.4. The number of fused-ring (bicyclic) bond motifs is 1. The molecule has 1 unspecified atom stereocenters. The van der Waals surface area contributed by atoms with Gasteiger partial charge in [-0.05, 0) is 24.6 Å². The maximum Gasteiger partial charge on any atom is 0.302 e. The minimum absolute atomic E-state index is 0.0177. The van der Waals surface area contributed by atoms with Crippen molar-refractivity contribution in [2.24, 2.45) is 4.99 Å². The average Bonchev–Trinajstić information content (AvgIpc) is 3.49. The number of anilines is 2. The van der Waals surface area contributed by atoms with Crippen LogP contribution in [0.3, 0.4) is 0 Å². The molecule has 9 nitrogen and oxygen atoms in total. The second-order valence-electron chi connectivity index (χ2n) is 7.94. The highest BCUT2D eigenvalue weighted by Crippen LogP contribution is 2.36. The number of hydrogen-bond donors (Lipinski definition) is 4. The number of halogens is 1. The van der Waals surface area contributed by atoms with Crippen molar-refractivity contribution in [1.29, 1.82) is 0 Å². The molecule has 2 aromatic carbocycles. The molecule has 1 aliphatic heterocycles. The summed E-state index contributed by atoms with van der Waals surface area (Å²) in [7, 11) is 0. The largest absolute Gasteiger partial charge is 0.423 e. The van der Waals surface area contributed by atoms with Gasteiger partial charge in [-0.25, -0.2) is 9.98 Å². The van der Waals surface area contributed by atoms with Gasteiger partial charge in [-0.1, -0.05) is 48.9 Å². The maximum atomic E-state index is 13.5. The quantitative estimate of drug-likeness (QED) is 0.272. The number of thiazole rings is 1. The number of oxazole rings is 1. The Morgan fingerprint density at radius 1 is 1.22 bits per heavy atom. The zero-order valence-electron chi connectivity index (χ0n) is 19.3. The van der Waals surface area contributed by atoms with Crippen molar-refractivity contribution >= 4 is 57.1 Å². The number of allylic oxidation sites excluding steroid dienone is 1. The van der Waals surface area contributed by atoms with Gasteiger partial charge in [-0.15, -0.1) is 11.3 Å². The van der Waals surface area contributed by atoms with Gasteiger partial charge < -0.3 is 14.8 Å². The molecule has 184 valence electrons. The molecule has 2 aromatic heterocycles. The van der Waals surface area contributed by atoms with E-state index in [1.165, 1.54) is 11.3 Å². The van der Waals surface area contributed by atoms with Gasteiger partial charge in [0, 0.05) is 40.4 Å². The van der Waals surface area contributed by atoms with Crippen LogP contribution in [0.5, 0.6) is 0 Å². The number of aliphatic hydroxyl groups excluding tert-OH is 1. The molecule has 0 aliphatic carbocycles. The van der Waals surface area contributed by atoms with E-state index in [1.54, 1.807) is 12.3 Å². The molecule has 0 radical (unpaired) electrons. The molecular formula is C25H23ClN6O3S. The summed E-state index contributed by atoms with van der Waals surface area (Å²) in [5.41, 5.74) is 3.17. The van der Waals surface area contributed by atoms with Crippen molar-refractivity contribution in [2.45, 2.75) is 25.8 Å². The molecular weight excluding hydrogens is 500 g/mol. The van der Waals surface area contributed by atoms with Crippen LogP contribution < -0.4 is 16.0 Å². The molecule has 1 aliphatic rings. The first-order chi connectivity index (χ1) is 17.6. The number of aliphatic hydroxyl groups is 1. The highest BCUT2D eigenvalue weighted by Gasteiger charge is 2.32. The number of benzene rings is 2. The standard InChI is InChI=1S/C25H23ClN6O3S/c1-2-17-20(22(34)31-25-27-13-14(36-25)11-12-33)21(15-7-3-4-8-16(15)26)30-23(28-17)32-24-29-18-9-5-6-10-19(18)35-24/h3-10,13,21,33H,2,11-12H2,1H3,(H,27,31,34)(H2,28,29,30,32). The molecule has 5 rings (SSSR count). The van der Waals surface area contributed by atoms with E-state index in [9.17, 15) is 9.90 Å². The van der Waals surface area contributed by atoms with Gasteiger partial charge in [0.2, 0.25) is 5.96 Å². The van der Waals surface area contributed by atoms with Gasteiger partial charge >= 0.3 is 6.01 Å². The molecule has 36 heavy (non-hydrogen) atoms. The number of para-hydroxylation sites is 2. The Balaban J connectivity index is 1.49. The number of nitrogens with zero attached hydrogens (tertiary/aromatic N) is 3. The second kappa shape index (κ2) is 10.5. The Kier molecular flexibility index (Phi) is 6.99. The van der Waals surface area contributed by atoms with Crippen LogP contribution in [-0.2, 0) is 11.2 Å². The molecule has 3 heterocycles. The fourth-order valence-corrected chi connectivity index (χ4v) is 4.94. The lowest BCUT2D eigenvalue weighted by atomic mass is 9.94. The van der Waals surface area contributed by atoms with Crippen LogP contribution >= 0.6 is 22.9 Å². The molecule has 4 aromatic rings. The van der Waals surface area contributed by atoms with Crippen molar-refractivity contribution in [2.75, 3.05) is 17.2 Å². The third-order valence-corrected chi connectivity index (χ3v) is 6.89. The number of nitrogens with one attached hydrogen (secondary N) is 3. The van der Waals surface area contributed by atoms with Crippen LogP contribution in [0.2, 0.25) is 5.02 Å². The molecule has 0 saturated carbocycles. The summed E-state index contributed by atoms with van der Waals surface area (Å²) < 4.78 is 5.79. The van der Waals surface area contributed by atoms with Crippen molar-refractivity contribution in [1.82, 2.24) is 15.3 Å². The lowest BCUT2D eigenvalue weighted by Gasteiger charge is -2.27. The third kappa shape index (κ3) is 4.97. The van der Waals surface area contributed by atoms with Gasteiger partial charge in [0.1, 0.15) is 11.6 Å². The van der Waals surface area contributed by atoms with Crippen molar-refractivity contribution in [3.05, 3.63) is 81.5 Å². The Morgan fingerprint density at radius 2 is 2.03 bits per heavy atom. The molecule has 0 bridgehead atoms. The summed E-state index contributed by atoms with van der Waals surface area (Å²) in [4.78, 5) is 27.9. The summed E-state index contributed by atoms with van der Waals surface area (Å²) in [5, 5.41) is 19.3. The van der Waals surface area contributed by atoms with E-state index in [0.29, 0.717) is 51.4 Å². The second-order valence-corrected chi connectivity index (χ2v) is 9.47. The average molecular weight is 523 g/mol. The van der Waals surface area contributed by atoms with Gasteiger partial charge in [-0.2, -0.15) is 4.98 Å². The summed E-state index contributed by atoms with van der Waals surface area (Å²) in [6.07, 6.45) is 2.66. The van der Waals surface area contributed by atoms with E-state index in [-0.39, 0.29) is 18.5 Å². The summed E-state index contributed by atoms with van der Waals surface area (Å²) in [5.74, 6) is 0.0539. The van der Waals surface area contributed by atoms with Crippen LogP contribution in [0.15, 0.2) is 75.4 Å². The van der Waals surface area contributed by atoms with E-state index in [4.69, 9.17) is 21.0 Å². The zero-order chi connectivity index (χ0) is 25.1. The van der Waals surface area contributed by atoms with Gasteiger partial charge in [0.25, 0.3) is 5.91 Å². The van der Waals surface area contributed by atoms with Crippen LogP contribution in [0.4, 0.5) is 11.1 Å². The first kappa shape index (κ1) is 24.0. The predicted octanol–water partition coefficient (Wildman–Crippen LogP) is 4.89. The number of aromatic nitrogens is 2. The van der Waals surface area contributed by atoms with Crippen molar-refractivity contribution in [3.8, 4) is 0 Å². The monoisotopic (exact) mass is 522 g/mol. The Hall–Kier alpha value is -3.73. The lowest BCUT2D eigenvalue weighted by molar-refractivity contribution is -0.113. The third-order valence-electron chi connectivity index (χ3n) is 5.58. The van der Waals surface area contributed by atoms with Gasteiger partial charge in [0.15, 0.2) is 10.7 Å². The SMILES string of the molecule is CCC1=C(C(=O)Nc2ncc(CCO)s2)C(c2ccccc2Cl)N=C(Nc2nc3ccccc3o2)N1. The van der Waals surface area contributed by atoms with E-state index < -0.39 is 6.04 Å². The Labute approximate surface area is 215 Å². The van der Waals surface area contributed by atoms with Gasteiger partial charge in [0.05, 0.1) is 5.57 Å². The maximum absolute atomic E-state index is 13.5. The zero-order valence-corrected chi connectivity index (χ0v) is 20.9. The number of hydrogen-bond acceptors (Lipinski definition) is 9. The fourth-order valence-electron chi connectivity index (χ4n) is 3.91. The number of carbonyl (C=O) groups excluding carboxylic acids is 1. The van der Waals surface area contributed by atoms with E-state index in [2.05, 4.69) is 25.9 Å². The van der Waals surface area contributed by atoms with Crippen LogP contribution in [-0.4, -0.2) is 33.5 Å². The van der Waals surface area contributed by atoms with Crippen molar-refractivity contribution in [3.63, 3.8) is 0 Å². The molecule has 0 spiro atoms. The van der Waals surface area contributed by atoms with Gasteiger partial charge in [-0.3, -0.25) is 15.4 Å². The van der Waals surface area contributed by atoms with E-state index in [1.807, 2.05) is 49.4 Å². The number of rotatable bonds is 7. The molecule has 0 saturated heterocycles. The molecule has 1 amide bonds. The summed E-state index contributed by atoms with van der Waals surface area (Å²) in [6.45, 7) is 1.97. The van der Waals surface area contributed by atoms with Crippen LogP contribution in [0.1, 0.15) is 29.8 Å². The molecule has 0 fully saturated rings. The highest BCUT2D eigenvalue weighted by atomic mass is 35.5. The highest BCUT2D eigenvalue weighted by molar-refractivity contribution is 7.15. The number of amides is 1. The number of aliphatic imine (C=N–C) groups is 1. The normalized spacial score (nSPS) is 15.5. The Bertz CT molecular complexity index is 1440. The minimum atomic E-state index is -0.682. The summed E-state index contributed by atoms with van der Waals surface area (Å²) in [6, 6.07) is 14.4. The van der Waals surface area contributed by atoms with Crippen LogP contribution in [0, 0.1) is 0 Å². The number of guanidine groups is 1. The number of carbonyl (C=O) groups is 1. The molecule has 4 N–H and O–H groups in total.